The molecule has 0 N–H and O–H groups in total. The second-order valence-electron chi connectivity index (χ2n) is 17.2. The van der Waals surface area contributed by atoms with E-state index in [9.17, 15) is 8.78 Å². The Bertz CT molecular complexity index is 1840. The summed E-state index contributed by atoms with van der Waals surface area (Å²) in [7, 11) is 1.11. The number of alkyl halides is 3. The second-order valence-corrected chi connectivity index (χ2v) is 22.3. The van der Waals surface area contributed by atoms with Gasteiger partial charge in [-0.05, 0) is 105 Å². The van der Waals surface area contributed by atoms with E-state index in [1.165, 1.54) is 26.4 Å². The van der Waals surface area contributed by atoms with E-state index < -0.39 is 43.1 Å². The molecule has 4 aromatic rings. The summed E-state index contributed by atoms with van der Waals surface area (Å²) in [6.45, 7) is 22.4. The molecule has 0 heterocycles. The molecule has 0 aliphatic carbocycles. The van der Waals surface area contributed by atoms with E-state index in [1.807, 2.05) is 53.7 Å². The lowest BCUT2D eigenvalue weighted by Crippen LogP contribution is -2.40. The van der Waals surface area contributed by atoms with Crippen LogP contribution in [0.3, 0.4) is 0 Å². The Kier molecular flexibility index (Phi) is 14.5. The van der Waals surface area contributed by atoms with Crippen molar-refractivity contribution in [2.45, 2.75) is 105 Å². The highest BCUT2D eigenvalue weighted by Gasteiger charge is 2.37. The van der Waals surface area contributed by atoms with Gasteiger partial charge in [-0.1, -0.05) is 92.6 Å². The third-order valence-electron chi connectivity index (χ3n) is 9.79. The van der Waals surface area contributed by atoms with Gasteiger partial charge in [0.25, 0.3) is 0 Å². The van der Waals surface area contributed by atoms with Crippen molar-refractivity contribution in [3.8, 4) is 33.8 Å². The zero-order chi connectivity index (χ0) is 40.1. The molecule has 0 aliphatic heterocycles. The van der Waals surface area contributed by atoms with Gasteiger partial charge in [-0.3, -0.25) is 0 Å². The van der Waals surface area contributed by atoms with E-state index in [4.69, 9.17) is 25.5 Å². The van der Waals surface area contributed by atoms with Gasteiger partial charge in [0.15, 0.2) is 8.32 Å². The van der Waals surface area contributed by atoms with Crippen molar-refractivity contribution in [3.63, 3.8) is 0 Å². The largest absolute Gasteiger partial charge is 0.497 e. The Hall–Kier alpha value is -3.33. The highest BCUT2D eigenvalue weighted by Crippen LogP contribution is 2.44. The van der Waals surface area contributed by atoms with E-state index in [1.54, 1.807) is 48.5 Å². The molecule has 0 radical (unpaired) electrons. The minimum absolute atomic E-state index is 0.0908. The number of rotatable bonds is 10. The van der Waals surface area contributed by atoms with Crippen LogP contribution < -0.4 is 9.47 Å². The molecule has 0 aliphatic rings. The minimum Gasteiger partial charge on any atom is -0.497 e. The topological polar surface area (TPSA) is 27.7 Å². The van der Waals surface area contributed by atoms with Gasteiger partial charge in [-0.25, -0.2) is 17.6 Å². The third-order valence-corrected chi connectivity index (χ3v) is 14.6. The average Bonchev–Trinajstić information content (AvgIpc) is 3.09. The average molecular weight is 773 g/mol. The molecule has 0 saturated heterocycles. The second kappa shape index (κ2) is 17.4. The monoisotopic (exact) mass is 772 g/mol. The van der Waals surface area contributed by atoms with Crippen LogP contribution in [0.15, 0.2) is 72.8 Å². The van der Waals surface area contributed by atoms with Crippen LogP contribution in [0.2, 0.25) is 18.1 Å². The van der Waals surface area contributed by atoms with Crippen molar-refractivity contribution in [3.05, 3.63) is 107 Å². The first-order valence-corrected chi connectivity index (χ1v) is 21.3. The molecule has 2 atom stereocenters. The fourth-order valence-electron chi connectivity index (χ4n) is 5.40. The predicted octanol–water partition coefficient (Wildman–Crippen LogP) is 14.4. The molecule has 0 bridgehead atoms. The summed E-state index contributed by atoms with van der Waals surface area (Å²) in [5.74, 6) is 0.536. The molecule has 0 amide bonds. The first-order valence-electron chi connectivity index (χ1n) is 17.9. The van der Waals surface area contributed by atoms with Gasteiger partial charge in [0, 0.05) is 17.0 Å². The summed E-state index contributed by atoms with van der Waals surface area (Å²) < 4.78 is 76.3. The molecule has 4 aromatic carbocycles. The standard InChI is InChI=1S/C25H36F2O2Si.C19H21ClF2O/c1-24(2,3)23(27)21-14-17(16-29-30(8,9)25(4,5)6)10-12-19(21)20-15-18(28-7)11-13-22(20)26;1-19(2,3)18(22)16-9-12(11-20)5-7-14(16)15-10-13(23-4)6-8-17(15)21/h10-15,23H,16H2,1-9H3;5-10,18H,11H2,1-4H3. The van der Waals surface area contributed by atoms with Crippen molar-refractivity contribution in [1.82, 2.24) is 0 Å². The Morgan fingerprint density at radius 1 is 0.585 bits per heavy atom. The molecular formula is C44H57ClF4O3Si. The summed E-state index contributed by atoms with van der Waals surface area (Å²) in [6.07, 6.45) is -2.50. The SMILES string of the molecule is COc1ccc(F)c(-c2ccc(CCl)cc2C(F)C(C)(C)C)c1.COc1ccc(F)c(-c2ccc(CO[Si](C)(C)C(C)(C)C)cc2C(F)C(C)(C)C)c1. The van der Waals surface area contributed by atoms with Crippen molar-refractivity contribution >= 4 is 19.9 Å². The Balaban J connectivity index is 0.000000295. The van der Waals surface area contributed by atoms with Crippen LogP contribution in [0, 0.1) is 22.5 Å². The summed E-state index contributed by atoms with van der Waals surface area (Å²) in [5.41, 5.74) is 3.14. The lowest BCUT2D eigenvalue weighted by atomic mass is 9.82. The van der Waals surface area contributed by atoms with Gasteiger partial charge < -0.3 is 13.9 Å². The van der Waals surface area contributed by atoms with Crippen LogP contribution in [0.1, 0.15) is 96.9 Å². The number of hydrogen-bond acceptors (Lipinski definition) is 3. The molecule has 2 unspecified atom stereocenters. The Labute approximate surface area is 321 Å². The molecule has 0 fully saturated rings. The van der Waals surface area contributed by atoms with E-state index >= 15 is 8.78 Å². The first-order chi connectivity index (χ1) is 24.4. The third kappa shape index (κ3) is 11.1. The van der Waals surface area contributed by atoms with Gasteiger partial charge in [-0.15, -0.1) is 11.6 Å². The van der Waals surface area contributed by atoms with Crippen LogP contribution in [0.4, 0.5) is 17.6 Å². The van der Waals surface area contributed by atoms with Gasteiger partial charge in [0.1, 0.15) is 35.5 Å². The molecule has 0 saturated carbocycles. The predicted molar refractivity (Wildman–Crippen MR) is 215 cm³/mol. The van der Waals surface area contributed by atoms with Crippen LogP contribution in [-0.4, -0.2) is 22.5 Å². The molecule has 4 rings (SSSR count). The van der Waals surface area contributed by atoms with Gasteiger partial charge in [-0.2, -0.15) is 0 Å². The van der Waals surface area contributed by atoms with E-state index in [0.29, 0.717) is 51.5 Å². The number of benzene rings is 4. The van der Waals surface area contributed by atoms with E-state index in [-0.39, 0.29) is 10.9 Å². The first kappa shape index (κ1) is 44.1. The maximum atomic E-state index is 15.6. The molecule has 9 heteroatoms. The van der Waals surface area contributed by atoms with Crippen molar-refractivity contribution < 1.29 is 31.5 Å². The fourth-order valence-corrected chi connectivity index (χ4v) is 6.52. The molecule has 3 nitrogen and oxygen atoms in total. The van der Waals surface area contributed by atoms with Crippen molar-refractivity contribution in [2.24, 2.45) is 10.8 Å². The number of hydrogen-bond donors (Lipinski definition) is 0. The van der Waals surface area contributed by atoms with Crippen LogP contribution in [-0.2, 0) is 16.9 Å². The van der Waals surface area contributed by atoms with Crippen molar-refractivity contribution in [1.29, 1.82) is 0 Å². The molecule has 0 spiro atoms. The normalized spacial score (nSPS) is 13.5. The summed E-state index contributed by atoms with van der Waals surface area (Å²) in [6, 6.07) is 19.8. The lowest BCUT2D eigenvalue weighted by molar-refractivity contribution is 0.165. The maximum absolute atomic E-state index is 15.6. The number of ether oxygens (including phenoxy) is 2. The summed E-state index contributed by atoms with van der Waals surface area (Å²) >= 11 is 5.88. The zero-order valence-electron chi connectivity index (χ0n) is 33.6. The summed E-state index contributed by atoms with van der Waals surface area (Å²) in [5, 5.41) is 0.0908. The number of halogens is 5. The smallest absolute Gasteiger partial charge is 0.192 e. The fraction of sp³-hybridized carbons (Fsp3) is 0.455. The molecule has 290 valence electrons. The Morgan fingerprint density at radius 3 is 1.34 bits per heavy atom. The van der Waals surface area contributed by atoms with Crippen LogP contribution in [0.25, 0.3) is 22.3 Å². The summed E-state index contributed by atoms with van der Waals surface area (Å²) in [4.78, 5) is 0. The molecule has 53 heavy (non-hydrogen) atoms. The number of methoxy groups -OCH3 is 2. The van der Waals surface area contributed by atoms with Gasteiger partial charge in [0.2, 0.25) is 0 Å². The van der Waals surface area contributed by atoms with E-state index in [2.05, 4.69) is 33.9 Å². The van der Waals surface area contributed by atoms with Crippen LogP contribution >= 0.6 is 11.6 Å². The highest BCUT2D eigenvalue weighted by atomic mass is 35.5. The zero-order valence-corrected chi connectivity index (χ0v) is 35.4. The van der Waals surface area contributed by atoms with Crippen molar-refractivity contribution in [2.75, 3.05) is 14.2 Å². The van der Waals surface area contributed by atoms with E-state index in [0.717, 1.165) is 11.1 Å². The lowest BCUT2D eigenvalue weighted by Gasteiger charge is -2.36. The maximum Gasteiger partial charge on any atom is 0.192 e. The minimum atomic E-state index is -1.94. The van der Waals surface area contributed by atoms with Gasteiger partial charge >= 0.3 is 0 Å². The van der Waals surface area contributed by atoms with Crippen LogP contribution in [0.5, 0.6) is 11.5 Å². The quantitative estimate of drug-likeness (QED) is 0.0913. The molecule has 0 aromatic heterocycles. The van der Waals surface area contributed by atoms with Gasteiger partial charge in [0.05, 0.1) is 20.8 Å². The Morgan fingerprint density at radius 2 is 0.981 bits per heavy atom. The molecular weight excluding hydrogens is 716 g/mol. The highest BCUT2D eigenvalue weighted by molar-refractivity contribution is 6.74.